The summed E-state index contributed by atoms with van der Waals surface area (Å²) in [6.07, 6.45) is 3.16. The minimum Gasteiger partial charge on any atom is -0.481 e. The van der Waals surface area contributed by atoms with E-state index in [1.165, 1.54) is 0 Å². The van der Waals surface area contributed by atoms with Gasteiger partial charge in [-0.2, -0.15) is 0 Å². The van der Waals surface area contributed by atoms with Crippen molar-refractivity contribution in [3.63, 3.8) is 0 Å². The number of aliphatic carboxylic acids is 1. The molecule has 0 radical (unpaired) electrons. The summed E-state index contributed by atoms with van der Waals surface area (Å²) in [5.41, 5.74) is 4.48. The fraction of sp³-hybridized carbons (Fsp3) is 0.909. The highest BCUT2D eigenvalue weighted by molar-refractivity contribution is 5.70. The first-order valence-electron chi connectivity index (χ1n) is 5.58. The third-order valence-electron chi connectivity index (χ3n) is 2.80. The lowest BCUT2D eigenvalue weighted by Crippen LogP contribution is -2.30. The van der Waals surface area contributed by atoms with Gasteiger partial charge in [-0.05, 0) is 39.2 Å². The van der Waals surface area contributed by atoms with Crippen molar-refractivity contribution >= 4 is 5.97 Å². The molecule has 0 spiro atoms. The van der Waals surface area contributed by atoms with Gasteiger partial charge in [0.25, 0.3) is 0 Å². The van der Waals surface area contributed by atoms with Crippen molar-refractivity contribution in [2.75, 3.05) is 6.54 Å². The molecule has 0 saturated heterocycles. The maximum atomic E-state index is 10.9. The molecule has 2 unspecified atom stereocenters. The first kappa shape index (κ1) is 14.4. The molecule has 0 aromatic carbocycles. The number of unbranched alkanes of at least 4 members (excludes halogenated alkanes) is 1. The van der Waals surface area contributed by atoms with Crippen LogP contribution >= 0.6 is 0 Å². The lowest BCUT2D eigenvalue weighted by Gasteiger charge is -2.25. The smallest absolute Gasteiger partial charge is 0.306 e. The number of hydrogen-bond acceptors (Lipinski definition) is 3. The van der Waals surface area contributed by atoms with Crippen molar-refractivity contribution < 1.29 is 15.0 Å². The van der Waals surface area contributed by atoms with E-state index in [0.717, 1.165) is 12.8 Å². The summed E-state index contributed by atoms with van der Waals surface area (Å²) in [7, 11) is 0. The molecule has 15 heavy (non-hydrogen) atoms. The Balaban J connectivity index is 4.10. The summed E-state index contributed by atoms with van der Waals surface area (Å²) in [5.74, 6) is -1.27. The number of carboxylic acid groups (broad SMARTS) is 1. The SMILES string of the molecule is CCC(C)(O)CC(CCCCN)C(=O)O. The highest BCUT2D eigenvalue weighted by atomic mass is 16.4. The molecule has 0 aliphatic carbocycles. The summed E-state index contributed by atoms with van der Waals surface area (Å²) in [4.78, 5) is 10.9. The van der Waals surface area contributed by atoms with Gasteiger partial charge < -0.3 is 15.9 Å². The number of aliphatic hydroxyl groups is 1. The van der Waals surface area contributed by atoms with E-state index in [4.69, 9.17) is 10.8 Å². The largest absolute Gasteiger partial charge is 0.481 e. The van der Waals surface area contributed by atoms with Crippen molar-refractivity contribution in [1.29, 1.82) is 0 Å². The van der Waals surface area contributed by atoms with Crippen molar-refractivity contribution in [2.45, 2.75) is 51.6 Å². The number of nitrogens with two attached hydrogens (primary N) is 1. The second-order valence-electron chi connectivity index (χ2n) is 4.37. The Morgan fingerprint density at radius 1 is 1.47 bits per heavy atom. The molecule has 0 amide bonds. The molecule has 0 heterocycles. The number of rotatable bonds is 8. The zero-order valence-electron chi connectivity index (χ0n) is 9.70. The molecule has 0 aromatic heterocycles. The van der Waals surface area contributed by atoms with Crippen LogP contribution in [0.2, 0.25) is 0 Å². The predicted molar refractivity (Wildman–Crippen MR) is 59.6 cm³/mol. The van der Waals surface area contributed by atoms with Crippen LogP contribution < -0.4 is 5.73 Å². The highest BCUT2D eigenvalue weighted by Gasteiger charge is 2.27. The monoisotopic (exact) mass is 217 g/mol. The number of carboxylic acids is 1. The molecule has 0 bridgehead atoms. The molecule has 0 saturated carbocycles. The van der Waals surface area contributed by atoms with Crippen molar-refractivity contribution in [3.8, 4) is 0 Å². The molecule has 0 rings (SSSR count). The van der Waals surface area contributed by atoms with Crippen LogP contribution in [0.15, 0.2) is 0 Å². The van der Waals surface area contributed by atoms with E-state index in [2.05, 4.69) is 0 Å². The van der Waals surface area contributed by atoms with Gasteiger partial charge in [0.15, 0.2) is 0 Å². The third-order valence-corrected chi connectivity index (χ3v) is 2.80. The molecule has 0 fully saturated rings. The Morgan fingerprint density at radius 3 is 2.47 bits per heavy atom. The molecule has 90 valence electrons. The molecule has 4 nitrogen and oxygen atoms in total. The minimum atomic E-state index is -0.869. The van der Waals surface area contributed by atoms with Crippen molar-refractivity contribution in [2.24, 2.45) is 11.7 Å². The van der Waals surface area contributed by atoms with Crippen LogP contribution in [0, 0.1) is 5.92 Å². The molecule has 4 heteroatoms. The van der Waals surface area contributed by atoms with Crippen LogP contribution in [0.4, 0.5) is 0 Å². The summed E-state index contributed by atoms with van der Waals surface area (Å²) in [6.45, 7) is 4.14. The Hall–Kier alpha value is -0.610. The summed E-state index contributed by atoms with van der Waals surface area (Å²) in [5, 5.41) is 18.8. The van der Waals surface area contributed by atoms with E-state index in [9.17, 15) is 9.90 Å². The van der Waals surface area contributed by atoms with Gasteiger partial charge >= 0.3 is 5.97 Å². The lowest BCUT2D eigenvalue weighted by atomic mass is 9.87. The fourth-order valence-corrected chi connectivity index (χ4v) is 1.52. The predicted octanol–water partition coefficient (Wildman–Crippen LogP) is 1.37. The number of hydrogen-bond donors (Lipinski definition) is 3. The highest BCUT2D eigenvalue weighted by Crippen LogP contribution is 2.24. The van der Waals surface area contributed by atoms with E-state index in [1.54, 1.807) is 6.92 Å². The van der Waals surface area contributed by atoms with Crippen molar-refractivity contribution in [1.82, 2.24) is 0 Å². The molecule has 2 atom stereocenters. The van der Waals surface area contributed by atoms with Crippen LogP contribution in [-0.2, 0) is 4.79 Å². The quantitative estimate of drug-likeness (QED) is 0.536. The van der Waals surface area contributed by atoms with Gasteiger partial charge in [-0.3, -0.25) is 4.79 Å². The van der Waals surface area contributed by atoms with Crippen LogP contribution in [0.3, 0.4) is 0 Å². The van der Waals surface area contributed by atoms with Gasteiger partial charge in [-0.15, -0.1) is 0 Å². The summed E-state index contributed by atoms with van der Waals surface area (Å²) in [6, 6.07) is 0. The standard InChI is InChI=1S/C11H23NO3/c1-3-11(2,15)8-9(10(13)14)6-4-5-7-12/h9,15H,3-8,12H2,1-2H3,(H,13,14). The van der Waals surface area contributed by atoms with Gasteiger partial charge in [0.1, 0.15) is 0 Å². The van der Waals surface area contributed by atoms with E-state index in [-0.39, 0.29) is 0 Å². The van der Waals surface area contributed by atoms with Gasteiger partial charge in [0.05, 0.1) is 11.5 Å². The Bertz CT molecular complexity index is 192. The van der Waals surface area contributed by atoms with Crippen LogP contribution in [0.1, 0.15) is 46.0 Å². The third kappa shape index (κ3) is 6.47. The molecular formula is C11H23NO3. The zero-order chi connectivity index (χ0) is 11.9. The Labute approximate surface area is 91.5 Å². The first-order valence-corrected chi connectivity index (χ1v) is 5.58. The molecule has 4 N–H and O–H groups in total. The van der Waals surface area contributed by atoms with E-state index < -0.39 is 17.5 Å². The maximum Gasteiger partial charge on any atom is 0.306 e. The van der Waals surface area contributed by atoms with Crippen LogP contribution in [0.5, 0.6) is 0 Å². The Morgan fingerprint density at radius 2 is 2.07 bits per heavy atom. The minimum absolute atomic E-state index is 0.323. The molecule has 0 aliphatic rings. The summed E-state index contributed by atoms with van der Waals surface area (Å²) < 4.78 is 0. The normalized spacial score (nSPS) is 17.1. The zero-order valence-corrected chi connectivity index (χ0v) is 9.70. The van der Waals surface area contributed by atoms with Crippen molar-refractivity contribution in [3.05, 3.63) is 0 Å². The second kappa shape index (κ2) is 6.80. The molecule has 0 aliphatic heterocycles. The van der Waals surface area contributed by atoms with Crippen LogP contribution in [-0.4, -0.2) is 28.3 Å². The van der Waals surface area contributed by atoms with Crippen LogP contribution in [0.25, 0.3) is 0 Å². The summed E-state index contributed by atoms with van der Waals surface area (Å²) >= 11 is 0. The molecule has 0 aromatic rings. The van der Waals surface area contributed by atoms with Gasteiger partial charge in [-0.25, -0.2) is 0 Å². The van der Waals surface area contributed by atoms with Gasteiger partial charge in [0, 0.05) is 0 Å². The fourth-order valence-electron chi connectivity index (χ4n) is 1.52. The number of carbonyl (C=O) groups is 1. The van der Waals surface area contributed by atoms with E-state index in [1.807, 2.05) is 6.92 Å². The second-order valence-corrected chi connectivity index (χ2v) is 4.37. The first-order chi connectivity index (χ1) is 6.93. The maximum absolute atomic E-state index is 10.9. The topological polar surface area (TPSA) is 83.5 Å². The average Bonchev–Trinajstić information content (AvgIpc) is 2.16. The van der Waals surface area contributed by atoms with E-state index >= 15 is 0 Å². The lowest BCUT2D eigenvalue weighted by molar-refractivity contribution is -0.144. The molecular weight excluding hydrogens is 194 g/mol. The van der Waals surface area contributed by atoms with Gasteiger partial charge in [-0.1, -0.05) is 13.3 Å². The van der Waals surface area contributed by atoms with Gasteiger partial charge in [0.2, 0.25) is 0 Å². The van der Waals surface area contributed by atoms with E-state index in [0.29, 0.717) is 25.8 Å². The average molecular weight is 217 g/mol. The Kier molecular flexibility index (Phi) is 6.52.